The molecule has 41 heavy (non-hydrogen) atoms. The maximum atomic E-state index is 13.8. The summed E-state index contributed by atoms with van der Waals surface area (Å²) in [6.45, 7) is 4.22. The molecule has 2 atom stereocenters. The Morgan fingerprint density at radius 3 is 2.37 bits per heavy atom. The highest BCUT2D eigenvalue weighted by atomic mass is 32.2. The van der Waals surface area contributed by atoms with Gasteiger partial charge in [-0.05, 0) is 58.1 Å². The zero-order valence-electron chi connectivity index (χ0n) is 23.7. The monoisotopic (exact) mass is 580 g/mol. The van der Waals surface area contributed by atoms with Crippen molar-refractivity contribution in [3.8, 4) is 0 Å². The second kappa shape index (κ2) is 12.8. The Labute approximate surface area is 240 Å². The molecule has 2 N–H and O–H groups in total. The van der Waals surface area contributed by atoms with Crippen LogP contribution in [0.25, 0.3) is 10.8 Å². The van der Waals surface area contributed by atoms with E-state index in [1.54, 1.807) is 73.3 Å². The van der Waals surface area contributed by atoms with Gasteiger partial charge in [0.2, 0.25) is 15.9 Å². The van der Waals surface area contributed by atoms with E-state index in [2.05, 4.69) is 10.0 Å². The molecule has 3 aromatic carbocycles. The van der Waals surface area contributed by atoms with Crippen LogP contribution in [0.3, 0.4) is 0 Å². The smallest absolute Gasteiger partial charge is 0.312 e. The second-order valence-corrected chi connectivity index (χ2v) is 12.1. The van der Waals surface area contributed by atoms with Gasteiger partial charge in [-0.1, -0.05) is 42.5 Å². The third-order valence-electron chi connectivity index (χ3n) is 7.12. The number of carbonyl (C=O) groups excluding carboxylic acids is 3. The highest BCUT2D eigenvalue weighted by Gasteiger charge is 2.39. The van der Waals surface area contributed by atoms with Crippen LogP contribution in [0.2, 0.25) is 0 Å². The van der Waals surface area contributed by atoms with E-state index in [0.29, 0.717) is 28.6 Å². The average molecular weight is 581 g/mol. The molecule has 2 unspecified atom stereocenters. The number of benzene rings is 3. The Balaban J connectivity index is 1.62. The molecule has 4 rings (SSSR count). The standard InChI is InChI=1S/C30H36N4O6S/c1-5-40-30(37)24-18-34(28(35)19-33(3)4)17-16-26(24)32-41(38,39)27-15-14-25(22-12-8-9-13-23(22)27)31-29(36)21-11-7-6-10-20(21)2/h6-15,24,26,32H,5,16-19H2,1-4H3,(H,31,36). The molecular formula is C30H36N4O6S. The van der Waals surface area contributed by atoms with E-state index in [9.17, 15) is 22.8 Å². The van der Waals surface area contributed by atoms with Crippen molar-refractivity contribution in [2.45, 2.75) is 31.2 Å². The van der Waals surface area contributed by atoms with Gasteiger partial charge in [-0.2, -0.15) is 0 Å². The molecule has 0 radical (unpaired) electrons. The molecule has 0 bridgehead atoms. The number of likely N-dealkylation sites (N-methyl/N-ethyl adjacent to an activating group) is 1. The average Bonchev–Trinajstić information content (AvgIpc) is 2.93. The molecule has 1 saturated heterocycles. The lowest BCUT2D eigenvalue weighted by Gasteiger charge is -2.37. The van der Waals surface area contributed by atoms with E-state index in [1.165, 1.54) is 6.07 Å². The fourth-order valence-corrected chi connectivity index (χ4v) is 6.60. The first kappa shape index (κ1) is 30.2. The summed E-state index contributed by atoms with van der Waals surface area (Å²) in [6, 6.07) is 16.4. The van der Waals surface area contributed by atoms with Crippen LogP contribution in [0.15, 0.2) is 65.6 Å². The van der Waals surface area contributed by atoms with Crippen LogP contribution in [0.4, 0.5) is 5.69 Å². The van der Waals surface area contributed by atoms with Crippen molar-refractivity contribution in [3.05, 3.63) is 71.8 Å². The van der Waals surface area contributed by atoms with Gasteiger partial charge in [-0.3, -0.25) is 14.4 Å². The second-order valence-electron chi connectivity index (χ2n) is 10.4. The van der Waals surface area contributed by atoms with Gasteiger partial charge in [0.05, 0.1) is 24.0 Å². The fraction of sp³-hybridized carbons (Fsp3) is 0.367. The largest absolute Gasteiger partial charge is 0.466 e. The number of fused-ring (bicyclic) bond motifs is 1. The van der Waals surface area contributed by atoms with Gasteiger partial charge in [0, 0.05) is 41.2 Å². The van der Waals surface area contributed by atoms with Gasteiger partial charge in [-0.15, -0.1) is 0 Å². The van der Waals surface area contributed by atoms with Crippen molar-refractivity contribution in [1.82, 2.24) is 14.5 Å². The molecule has 1 heterocycles. The Hall–Kier alpha value is -3.80. The number of hydrogen-bond acceptors (Lipinski definition) is 7. The first-order chi connectivity index (χ1) is 19.5. The summed E-state index contributed by atoms with van der Waals surface area (Å²) in [5.74, 6) is -1.85. The summed E-state index contributed by atoms with van der Waals surface area (Å²) < 4.78 is 35.5. The van der Waals surface area contributed by atoms with E-state index in [4.69, 9.17) is 4.74 Å². The van der Waals surface area contributed by atoms with Gasteiger partial charge < -0.3 is 19.9 Å². The maximum Gasteiger partial charge on any atom is 0.312 e. The minimum absolute atomic E-state index is 0.0238. The Morgan fingerprint density at radius 2 is 1.68 bits per heavy atom. The van der Waals surface area contributed by atoms with E-state index in [1.807, 2.05) is 19.1 Å². The highest BCUT2D eigenvalue weighted by Crippen LogP contribution is 2.31. The molecule has 0 saturated carbocycles. The van der Waals surface area contributed by atoms with E-state index in [-0.39, 0.29) is 42.8 Å². The number of carbonyl (C=O) groups is 3. The zero-order chi connectivity index (χ0) is 29.7. The van der Waals surface area contributed by atoms with E-state index in [0.717, 1.165) is 5.56 Å². The van der Waals surface area contributed by atoms with Crippen LogP contribution < -0.4 is 10.0 Å². The number of amides is 2. The van der Waals surface area contributed by atoms with Crippen molar-refractivity contribution < 1.29 is 27.5 Å². The third kappa shape index (κ3) is 6.92. The summed E-state index contributed by atoms with van der Waals surface area (Å²) in [5, 5.41) is 3.89. The quantitative estimate of drug-likeness (QED) is 0.373. The van der Waals surface area contributed by atoms with Gasteiger partial charge >= 0.3 is 5.97 Å². The molecular weight excluding hydrogens is 544 g/mol. The minimum atomic E-state index is -4.11. The Morgan fingerprint density at radius 1 is 1.00 bits per heavy atom. The molecule has 1 aliphatic heterocycles. The molecule has 11 heteroatoms. The van der Waals surface area contributed by atoms with Crippen molar-refractivity contribution >= 4 is 44.3 Å². The van der Waals surface area contributed by atoms with E-state index < -0.39 is 28.0 Å². The molecule has 218 valence electrons. The summed E-state index contributed by atoms with van der Waals surface area (Å²) in [6.07, 6.45) is 0.254. The molecule has 0 aliphatic carbocycles. The molecule has 1 fully saturated rings. The number of likely N-dealkylation sites (tertiary alicyclic amines) is 1. The molecule has 0 spiro atoms. The Bertz CT molecular complexity index is 1560. The number of aryl methyl sites for hydroxylation is 1. The fourth-order valence-electron chi connectivity index (χ4n) is 5.07. The van der Waals surface area contributed by atoms with Crippen molar-refractivity contribution in [2.75, 3.05) is 45.7 Å². The summed E-state index contributed by atoms with van der Waals surface area (Å²) in [4.78, 5) is 41.9. The highest BCUT2D eigenvalue weighted by molar-refractivity contribution is 7.89. The number of anilines is 1. The van der Waals surface area contributed by atoms with E-state index >= 15 is 0 Å². The van der Waals surface area contributed by atoms with Crippen LogP contribution in [-0.2, 0) is 24.3 Å². The lowest BCUT2D eigenvalue weighted by molar-refractivity contribution is -0.152. The number of nitrogens with zero attached hydrogens (tertiary/aromatic N) is 2. The van der Waals surface area contributed by atoms with Gasteiger partial charge in [0.15, 0.2) is 0 Å². The zero-order valence-corrected chi connectivity index (χ0v) is 24.5. The molecule has 1 aliphatic rings. The predicted molar refractivity (Wildman–Crippen MR) is 157 cm³/mol. The lowest BCUT2D eigenvalue weighted by atomic mass is 9.93. The van der Waals surface area contributed by atoms with Crippen molar-refractivity contribution in [1.29, 1.82) is 0 Å². The van der Waals surface area contributed by atoms with Gasteiger partial charge in [0.1, 0.15) is 0 Å². The number of piperidine rings is 1. The summed E-state index contributed by atoms with van der Waals surface area (Å²) >= 11 is 0. The molecule has 3 aromatic rings. The predicted octanol–water partition coefficient (Wildman–Crippen LogP) is 3.02. The topological polar surface area (TPSA) is 125 Å². The summed E-state index contributed by atoms with van der Waals surface area (Å²) in [7, 11) is -0.545. The number of esters is 1. The normalized spacial score (nSPS) is 17.4. The van der Waals surface area contributed by atoms with Crippen LogP contribution in [0.5, 0.6) is 0 Å². The lowest BCUT2D eigenvalue weighted by Crippen LogP contribution is -2.56. The van der Waals surface area contributed by atoms with Crippen molar-refractivity contribution in [3.63, 3.8) is 0 Å². The molecule has 10 nitrogen and oxygen atoms in total. The molecule has 2 amide bonds. The molecule has 0 aromatic heterocycles. The van der Waals surface area contributed by atoms with Crippen LogP contribution in [-0.4, -0.2) is 82.4 Å². The third-order valence-corrected chi connectivity index (χ3v) is 8.67. The SMILES string of the molecule is CCOC(=O)C1CN(C(=O)CN(C)C)CCC1NS(=O)(=O)c1ccc(NC(=O)c2ccccc2C)c2ccccc12. The van der Waals surface area contributed by atoms with Crippen LogP contribution in [0, 0.1) is 12.8 Å². The minimum Gasteiger partial charge on any atom is -0.466 e. The number of nitrogens with one attached hydrogen (secondary N) is 2. The maximum absolute atomic E-state index is 13.8. The number of ether oxygens (including phenoxy) is 1. The first-order valence-electron chi connectivity index (χ1n) is 13.5. The summed E-state index contributed by atoms with van der Waals surface area (Å²) in [5.41, 5.74) is 1.82. The van der Waals surface area contributed by atoms with Gasteiger partial charge in [-0.25, -0.2) is 13.1 Å². The number of rotatable bonds is 9. The number of sulfonamides is 1. The number of hydrogen-bond donors (Lipinski definition) is 2. The van der Waals surface area contributed by atoms with Crippen LogP contribution in [0.1, 0.15) is 29.3 Å². The Kier molecular flexibility index (Phi) is 9.42. The first-order valence-corrected chi connectivity index (χ1v) is 15.0. The van der Waals surface area contributed by atoms with Crippen LogP contribution >= 0.6 is 0 Å². The van der Waals surface area contributed by atoms with Crippen molar-refractivity contribution in [2.24, 2.45) is 5.92 Å². The van der Waals surface area contributed by atoms with Gasteiger partial charge in [0.25, 0.3) is 5.91 Å².